The quantitative estimate of drug-likeness (QED) is 0.321. The average Bonchev–Trinajstić information content (AvgIpc) is 2.67. The van der Waals surface area contributed by atoms with Crippen molar-refractivity contribution in [2.24, 2.45) is 0 Å². The zero-order chi connectivity index (χ0) is 22.1. The predicted molar refractivity (Wildman–Crippen MR) is 106 cm³/mol. The molecule has 1 saturated heterocycles. The summed E-state index contributed by atoms with van der Waals surface area (Å²) in [7, 11) is 0. The van der Waals surface area contributed by atoms with Gasteiger partial charge in [-0.25, -0.2) is 14.4 Å². The molecule has 2 aromatic rings. The van der Waals surface area contributed by atoms with E-state index in [1.807, 2.05) is 0 Å². The summed E-state index contributed by atoms with van der Waals surface area (Å²) in [5.41, 5.74) is -0.127. The Kier molecular flexibility index (Phi) is 5.62. The van der Waals surface area contributed by atoms with E-state index in [4.69, 9.17) is 21.1 Å². The monoisotopic (exact) mass is 429 g/mol. The Labute approximate surface area is 176 Å². The molecule has 3 rings (SSSR count). The molecule has 2 N–H and O–H groups in total. The van der Waals surface area contributed by atoms with E-state index in [9.17, 15) is 24.3 Å². The Hall–Kier alpha value is -3.65. The van der Waals surface area contributed by atoms with Crippen molar-refractivity contribution >= 4 is 41.0 Å². The first-order valence-corrected chi connectivity index (χ1v) is 9.07. The molecule has 0 aliphatic carbocycles. The van der Waals surface area contributed by atoms with Crippen molar-refractivity contribution in [2.75, 3.05) is 5.32 Å². The second kappa shape index (κ2) is 8.00. The number of aromatic carboxylic acids is 1. The van der Waals surface area contributed by atoms with E-state index >= 15 is 0 Å². The van der Waals surface area contributed by atoms with Gasteiger partial charge in [0, 0.05) is 31.2 Å². The number of hydrogen-bond acceptors (Lipinski definition) is 7. The van der Waals surface area contributed by atoms with Gasteiger partial charge in [0.2, 0.25) is 0 Å². The Balaban J connectivity index is 1.90. The van der Waals surface area contributed by atoms with Crippen LogP contribution in [0.15, 0.2) is 54.2 Å². The van der Waals surface area contributed by atoms with Gasteiger partial charge in [-0.2, -0.15) is 0 Å². The number of carbonyl (C=O) groups is 4. The van der Waals surface area contributed by atoms with Gasteiger partial charge < -0.3 is 19.9 Å². The van der Waals surface area contributed by atoms with Crippen LogP contribution in [0.4, 0.5) is 5.69 Å². The van der Waals surface area contributed by atoms with Crippen LogP contribution in [0, 0.1) is 0 Å². The van der Waals surface area contributed by atoms with Crippen molar-refractivity contribution in [2.45, 2.75) is 19.6 Å². The first-order chi connectivity index (χ1) is 14.1. The van der Waals surface area contributed by atoms with Gasteiger partial charge in [-0.3, -0.25) is 4.79 Å². The van der Waals surface area contributed by atoms with E-state index in [1.54, 1.807) is 6.07 Å². The van der Waals surface area contributed by atoms with Crippen LogP contribution in [-0.2, 0) is 19.1 Å². The number of carboxylic acid groups (broad SMARTS) is 1. The maximum Gasteiger partial charge on any atom is 0.350 e. The highest BCUT2D eigenvalue weighted by Gasteiger charge is 2.39. The van der Waals surface area contributed by atoms with Gasteiger partial charge in [-0.15, -0.1) is 0 Å². The number of carbonyl (C=O) groups excluding carboxylic acids is 3. The molecule has 0 saturated carbocycles. The maximum absolute atomic E-state index is 12.8. The normalized spacial score (nSPS) is 15.1. The molecule has 1 fully saturated rings. The molecule has 0 aromatic heterocycles. The lowest BCUT2D eigenvalue weighted by Crippen LogP contribution is -2.42. The van der Waals surface area contributed by atoms with Gasteiger partial charge in [0.05, 0.1) is 16.3 Å². The smallest absolute Gasteiger partial charge is 0.350 e. The molecule has 8 nitrogen and oxygen atoms in total. The fourth-order valence-corrected chi connectivity index (χ4v) is 2.90. The summed E-state index contributed by atoms with van der Waals surface area (Å²) < 4.78 is 10.00. The maximum atomic E-state index is 12.8. The van der Waals surface area contributed by atoms with Crippen molar-refractivity contribution in [3.63, 3.8) is 0 Å². The second-order valence-electron chi connectivity index (χ2n) is 6.76. The topological polar surface area (TPSA) is 119 Å². The number of carboxylic acids is 1. The molecular weight excluding hydrogens is 414 g/mol. The molecule has 0 unspecified atom stereocenters. The number of ketones is 1. The third kappa shape index (κ3) is 4.33. The van der Waals surface area contributed by atoms with E-state index < -0.39 is 29.5 Å². The van der Waals surface area contributed by atoms with Crippen LogP contribution < -0.4 is 5.32 Å². The first kappa shape index (κ1) is 21.1. The molecule has 2 aromatic carbocycles. The van der Waals surface area contributed by atoms with E-state index in [-0.39, 0.29) is 33.0 Å². The highest BCUT2D eigenvalue weighted by molar-refractivity contribution is 6.33. The number of ether oxygens (including phenoxy) is 2. The summed E-state index contributed by atoms with van der Waals surface area (Å²) in [4.78, 5) is 48.2. The van der Waals surface area contributed by atoms with Crippen molar-refractivity contribution in [1.29, 1.82) is 0 Å². The molecule has 1 aliphatic heterocycles. The summed E-state index contributed by atoms with van der Waals surface area (Å²) in [6.45, 7) is 2.85. The van der Waals surface area contributed by atoms with Crippen molar-refractivity contribution in [3.8, 4) is 0 Å². The molecule has 0 bridgehead atoms. The molecule has 0 spiro atoms. The highest BCUT2D eigenvalue weighted by atomic mass is 35.5. The molecule has 1 aliphatic rings. The largest absolute Gasteiger partial charge is 0.478 e. The van der Waals surface area contributed by atoms with Crippen LogP contribution in [0.25, 0.3) is 0 Å². The van der Waals surface area contributed by atoms with Crippen LogP contribution in [0.3, 0.4) is 0 Å². The van der Waals surface area contributed by atoms with Crippen molar-refractivity contribution in [1.82, 2.24) is 0 Å². The summed E-state index contributed by atoms with van der Waals surface area (Å²) in [5, 5.41) is 12.2. The van der Waals surface area contributed by atoms with E-state index in [2.05, 4.69) is 5.32 Å². The van der Waals surface area contributed by atoms with Gasteiger partial charge in [-0.05, 0) is 24.3 Å². The second-order valence-corrected chi connectivity index (χ2v) is 7.16. The minimum Gasteiger partial charge on any atom is -0.478 e. The van der Waals surface area contributed by atoms with Crippen LogP contribution in [-0.4, -0.2) is 34.6 Å². The molecule has 0 amide bonds. The lowest BCUT2D eigenvalue weighted by Gasteiger charge is -2.29. The van der Waals surface area contributed by atoms with E-state index in [0.717, 1.165) is 6.20 Å². The van der Waals surface area contributed by atoms with Gasteiger partial charge >= 0.3 is 17.9 Å². The fourth-order valence-electron chi connectivity index (χ4n) is 2.73. The SMILES string of the molecule is CC1(C)OC(=O)C(=CNc2cc(C(=O)c3ccccc3C(=O)O)ccc2Cl)C(=O)O1. The molecule has 0 radical (unpaired) electrons. The number of hydrogen-bond donors (Lipinski definition) is 2. The highest BCUT2D eigenvalue weighted by Crippen LogP contribution is 2.27. The van der Waals surface area contributed by atoms with Crippen LogP contribution in [0.5, 0.6) is 0 Å². The van der Waals surface area contributed by atoms with Crippen molar-refractivity contribution < 1.29 is 33.8 Å². The zero-order valence-electron chi connectivity index (χ0n) is 15.9. The minimum atomic E-state index is -1.37. The van der Waals surface area contributed by atoms with E-state index in [0.29, 0.717) is 0 Å². The summed E-state index contributed by atoms with van der Waals surface area (Å²) in [5.74, 6) is -4.87. The van der Waals surface area contributed by atoms with Gasteiger partial charge in [0.25, 0.3) is 5.79 Å². The Morgan fingerprint density at radius 2 is 1.63 bits per heavy atom. The summed E-state index contributed by atoms with van der Waals surface area (Å²) in [6, 6.07) is 10.1. The van der Waals surface area contributed by atoms with Crippen LogP contribution in [0.1, 0.15) is 40.1 Å². The first-order valence-electron chi connectivity index (χ1n) is 8.69. The Morgan fingerprint density at radius 1 is 1.03 bits per heavy atom. The number of benzene rings is 2. The molecule has 30 heavy (non-hydrogen) atoms. The Morgan fingerprint density at radius 3 is 2.23 bits per heavy atom. The number of nitrogens with one attached hydrogen (secondary N) is 1. The third-order valence-electron chi connectivity index (χ3n) is 4.12. The number of cyclic esters (lactones) is 2. The summed E-state index contributed by atoms with van der Waals surface area (Å²) >= 11 is 6.13. The van der Waals surface area contributed by atoms with Crippen molar-refractivity contribution in [3.05, 3.63) is 76.0 Å². The zero-order valence-corrected chi connectivity index (χ0v) is 16.6. The predicted octanol–water partition coefficient (Wildman–Crippen LogP) is 3.40. The molecule has 9 heteroatoms. The number of esters is 2. The standard InChI is InChI=1S/C21H16ClNO7/c1-21(2)29-19(27)14(20(28)30-21)10-23-16-9-11(7-8-15(16)22)17(24)12-5-3-4-6-13(12)18(25)26/h3-10,23H,1-2H3,(H,25,26). The Bertz CT molecular complexity index is 1080. The number of rotatable bonds is 5. The summed E-state index contributed by atoms with van der Waals surface area (Å²) in [6.07, 6.45) is 1.07. The molecule has 154 valence electrons. The van der Waals surface area contributed by atoms with E-state index in [1.165, 1.54) is 50.2 Å². The molecule has 0 atom stereocenters. The number of halogens is 1. The lowest BCUT2D eigenvalue weighted by atomic mass is 9.98. The van der Waals surface area contributed by atoms with Crippen LogP contribution in [0.2, 0.25) is 5.02 Å². The molecule has 1 heterocycles. The van der Waals surface area contributed by atoms with Gasteiger partial charge in [0.1, 0.15) is 0 Å². The third-order valence-corrected chi connectivity index (χ3v) is 4.45. The number of anilines is 1. The average molecular weight is 430 g/mol. The lowest BCUT2D eigenvalue weighted by molar-refractivity contribution is -0.222. The minimum absolute atomic E-state index is 0.0123. The fraction of sp³-hybridized carbons (Fsp3) is 0.143. The molecular formula is C21H16ClNO7. The van der Waals surface area contributed by atoms with Crippen LogP contribution >= 0.6 is 11.6 Å². The van der Waals surface area contributed by atoms with Gasteiger partial charge in [0.15, 0.2) is 11.4 Å². The van der Waals surface area contributed by atoms with Gasteiger partial charge in [-0.1, -0.05) is 29.8 Å².